The van der Waals surface area contributed by atoms with Gasteiger partial charge in [0.05, 0.1) is 22.8 Å². The molecule has 0 aliphatic heterocycles. The number of aromatic amines is 1. The maximum absolute atomic E-state index is 4.80. The number of aromatic nitrogens is 7. The third-order valence-electron chi connectivity index (χ3n) is 4.50. The molecule has 0 fully saturated rings. The summed E-state index contributed by atoms with van der Waals surface area (Å²) in [5.74, 6) is 0.564. The molecule has 4 heterocycles. The number of pyridine rings is 3. The first kappa shape index (κ1) is 16.9. The Kier molecular flexibility index (Phi) is 4.31. The molecule has 0 aliphatic rings. The maximum atomic E-state index is 4.80. The first-order valence-corrected chi connectivity index (χ1v) is 9.06. The molecule has 0 saturated heterocycles. The highest BCUT2D eigenvalue weighted by Gasteiger charge is 2.11. The van der Waals surface area contributed by atoms with Gasteiger partial charge in [0.1, 0.15) is 0 Å². The lowest BCUT2D eigenvalue weighted by Crippen LogP contribution is -1.94. The normalized spacial score (nSPS) is 10.8. The molecule has 29 heavy (non-hydrogen) atoms. The Bertz CT molecular complexity index is 1160. The quantitative estimate of drug-likeness (QED) is 0.508. The average Bonchev–Trinajstić information content (AvgIpc) is 3.35. The van der Waals surface area contributed by atoms with Crippen molar-refractivity contribution in [3.63, 3.8) is 0 Å². The van der Waals surface area contributed by atoms with Gasteiger partial charge in [-0.3, -0.25) is 9.97 Å². The molecule has 7 nitrogen and oxygen atoms in total. The lowest BCUT2D eigenvalue weighted by Gasteiger charge is -2.09. The fourth-order valence-electron chi connectivity index (χ4n) is 3.08. The van der Waals surface area contributed by atoms with E-state index in [2.05, 4.69) is 30.6 Å². The van der Waals surface area contributed by atoms with Crippen LogP contribution >= 0.6 is 0 Å². The molecule has 5 rings (SSSR count). The highest BCUT2D eigenvalue weighted by atomic mass is 15.5. The van der Waals surface area contributed by atoms with E-state index in [9.17, 15) is 0 Å². The van der Waals surface area contributed by atoms with Crippen LogP contribution in [0.15, 0.2) is 85.2 Å². The van der Waals surface area contributed by atoms with Gasteiger partial charge in [0, 0.05) is 18.0 Å². The predicted molar refractivity (Wildman–Crippen MR) is 109 cm³/mol. The van der Waals surface area contributed by atoms with Gasteiger partial charge in [-0.1, -0.05) is 36.4 Å². The van der Waals surface area contributed by atoms with Crippen LogP contribution in [-0.4, -0.2) is 35.6 Å². The van der Waals surface area contributed by atoms with Gasteiger partial charge < -0.3 is 0 Å². The van der Waals surface area contributed by atoms with E-state index < -0.39 is 0 Å². The van der Waals surface area contributed by atoms with Crippen molar-refractivity contribution in [3.05, 3.63) is 85.2 Å². The summed E-state index contributed by atoms with van der Waals surface area (Å²) in [5, 5.41) is 14.1. The number of tetrazole rings is 1. The summed E-state index contributed by atoms with van der Waals surface area (Å²) >= 11 is 0. The van der Waals surface area contributed by atoms with Crippen molar-refractivity contribution >= 4 is 0 Å². The molecular formula is C22H15N7. The van der Waals surface area contributed by atoms with Crippen molar-refractivity contribution in [1.29, 1.82) is 0 Å². The van der Waals surface area contributed by atoms with E-state index in [0.29, 0.717) is 5.82 Å². The van der Waals surface area contributed by atoms with Gasteiger partial charge in [0.15, 0.2) is 0 Å². The Labute approximate surface area is 166 Å². The molecule has 1 aromatic carbocycles. The van der Waals surface area contributed by atoms with Gasteiger partial charge in [-0.2, -0.15) is 5.21 Å². The lowest BCUT2D eigenvalue weighted by atomic mass is 10.0. The summed E-state index contributed by atoms with van der Waals surface area (Å²) in [5.41, 5.74) is 6.20. The van der Waals surface area contributed by atoms with E-state index in [1.807, 2.05) is 72.8 Å². The zero-order valence-corrected chi connectivity index (χ0v) is 15.3. The van der Waals surface area contributed by atoms with Crippen LogP contribution in [0, 0.1) is 0 Å². The molecule has 0 aliphatic carbocycles. The van der Waals surface area contributed by atoms with Crippen LogP contribution in [0.25, 0.3) is 45.3 Å². The number of nitrogens with one attached hydrogen (secondary N) is 1. The first-order valence-electron chi connectivity index (χ1n) is 9.06. The van der Waals surface area contributed by atoms with Gasteiger partial charge in [0.2, 0.25) is 5.82 Å². The molecule has 0 saturated carbocycles. The van der Waals surface area contributed by atoms with Crippen LogP contribution in [0.5, 0.6) is 0 Å². The van der Waals surface area contributed by atoms with Crippen molar-refractivity contribution in [2.24, 2.45) is 0 Å². The third-order valence-corrected chi connectivity index (χ3v) is 4.50. The number of benzene rings is 1. The van der Waals surface area contributed by atoms with E-state index in [-0.39, 0.29) is 0 Å². The average molecular weight is 377 g/mol. The van der Waals surface area contributed by atoms with Gasteiger partial charge in [0.25, 0.3) is 0 Å². The molecule has 5 aromatic rings. The van der Waals surface area contributed by atoms with Crippen LogP contribution in [0.4, 0.5) is 0 Å². The largest absolute Gasteiger partial charge is 0.255 e. The van der Waals surface area contributed by atoms with Gasteiger partial charge >= 0.3 is 0 Å². The number of hydrogen-bond donors (Lipinski definition) is 1. The zero-order chi connectivity index (χ0) is 19.5. The number of rotatable bonds is 4. The summed E-state index contributed by atoms with van der Waals surface area (Å²) in [6.07, 6.45) is 3.54. The highest BCUT2D eigenvalue weighted by molar-refractivity contribution is 5.75. The standard InChI is InChI=1S/C22H15N7/c1-3-11-23-18(5-1)20-13-17(14-21(25-20)19-6-2-4-12-24-19)15-7-9-16(10-8-15)22-26-28-29-27-22/h1-14H,(H,26,27,28,29). The molecular weight excluding hydrogens is 362 g/mol. The second-order valence-corrected chi connectivity index (χ2v) is 6.37. The molecule has 7 heteroatoms. The Balaban J connectivity index is 1.62. The summed E-state index contributed by atoms with van der Waals surface area (Å²) in [6, 6.07) is 23.7. The topological polar surface area (TPSA) is 93.1 Å². The van der Waals surface area contributed by atoms with Crippen LogP contribution in [0.1, 0.15) is 0 Å². The summed E-state index contributed by atoms with van der Waals surface area (Å²) < 4.78 is 0. The minimum absolute atomic E-state index is 0.564. The molecule has 1 N–H and O–H groups in total. The maximum Gasteiger partial charge on any atom is 0.204 e. The second-order valence-electron chi connectivity index (χ2n) is 6.37. The molecule has 0 amide bonds. The molecule has 0 atom stereocenters. The summed E-state index contributed by atoms with van der Waals surface area (Å²) in [6.45, 7) is 0. The number of hydrogen-bond acceptors (Lipinski definition) is 6. The van der Waals surface area contributed by atoms with Crippen molar-refractivity contribution in [1.82, 2.24) is 35.6 Å². The summed E-state index contributed by atoms with van der Waals surface area (Å²) in [7, 11) is 0. The fraction of sp³-hybridized carbons (Fsp3) is 0. The zero-order valence-electron chi connectivity index (χ0n) is 15.3. The van der Waals surface area contributed by atoms with E-state index >= 15 is 0 Å². The highest BCUT2D eigenvalue weighted by Crippen LogP contribution is 2.29. The van der Waals surface area contributed by atoms with Gasteiger partial charge in [-0.15, -0.1) is 10.2 Å². The number of nitrogens with zero attached hydrogens (tertiary/aromatic N) is 6. The lowest BCUT2D eigenvalue weighted by molar-refractivity contribution is 0.881. The first-order chi connectivity index (χ1) is 14.4. The molecule has 0 radical (unpaired) electrons. The molecule has 4 aromatic heterocycles. The van der Waals surface area contributed by atoms with Crippen LogP contribution < -0.4 is 0 Å². The van der Waals surface area contributed by atoms with E-state index in [1.165, 1.54) is 0 Å². The second kappa shape index (κ2) is 7.40. The van der Waals surface area contributed by atoms with Gasteiger partial charge in [-0.05, 0) is 52.7 Å². The molecule has 0 unspecified atom stereocenters. The Hall–Kier alpha value is -4.26. The van der Waals surface area contributed by atoms with Gasteiger partial charge in [-0.25, -0.2) is 4.98 Å². The Morgan fingerprint density at radius 3 is 1.72 bits per heavy atom. The minimum atomic E-state index is 0.564. The SMILES string of the molecule is c1ccc(-c2cc(-c3ccc(-c4nn[nH]n4)cc3)cc(-c3ccccn3)n2)nc1. The van der Waals surface area contributed by atoms with Crippen molar-refractivity contribution in [2.75, 3.05) is 0 Å². The Morgan fingerprint density at radius 1 is 0.586 bits per heavy atom. The van der Waals surface area contributed by atoms with Crippen molar-refractivity contribution in [3.8, 4) is 45.3 Å². The van der Waals surface area contributed by atoms with Crippen LogP contribution in [-0.2, 0) is 0 Å². The molecule has 138 valence electrons. The Morgan fingerprint density at radius 2 is 1.21 bits per heavy atom. The third kappa shape index (κ3) is 3.49. The monoisotopic (exact) mass is 377 g/mol. The molecule has 0 bridgehead atoms. The smallest absolute Gasteiger partial charge is 0.204 e. The van der Waals surface area contributed by atoms with E-state index in [1.54, 1.807) is 12.4 Å². The van der Waals surface area contributed by atoms with Crippen molar-refractivity contribution < 1.29 is 0 Å². The van der Waals surface area contributed by atoms with Crippen LogP contribution in [0.3, 0.4) is 0 Å². The fourth-order valence-corrected chi connectivity index (χ4v) is 3.08. The predicted octanol–water partition coefficient (Wildman–Crippen LogP) is 4.05. The minimum Gasteiger partial charge on any atom is -0.255 e. The van der Waals surface area contributed by atoms with E-state index in [0.717, 1.165) is 39.5 Å². The summed E-state index contributed by atoms with van der Waals surface area (Å²) in [4.78, 5) is 13.7. The molecule has 0 spiro atoms. The van der Waals surface area contributed by atoms with Crippen LogP contribution in [0.2, 0.25) is 0 Å². The van der Waals surface area contributed by atoms with E-state index in [4.69, 9.17) is 4.98 Å². The number of H-pyrrole nitrogens is 1. The van der Waals surface area contributed by atoms with Crippen molar-refractivity contribution in [2.45, 2.75) is 0 Å².